The molecular weight excluding hydrogens is 260 g/mol. The van der Waals surface area contributed by atoms with Crippen LogP contribution in [-0.4, -0.2) is 38.5 Å². The number of hydrogen-bond donors (Lipinski definition) is 2. The summed E-state index contributed by atoms with van der Waals surface area (Å²) in [6, 6.07) is 0. The third kappa shape index (κ3) is 4.04. The molecule has 1 heterocycles. The van der Waals surface area contributed by atoms with E-state index in [0.29, 0.717) is 25.9 Å². The van der Waals surface area contributed by atoms with E-state index >= 15 is 0 Å². The average molecular weight is 280 g/mol. The van der Waals surface area contributed by atoms with E-state index in [1.165, 1.54) is 0 Å². The van der Waals surface area contributed by atoms with Crippen LogP contribution in [0.5, 0.6) is 0 Å². The molecule has 0 saturated heterocycles. The van der Waals surface area contributed by atoms with Gasteiger partial charge in [0.25, 0.3) is 0 Å². The summed E-state index contributed by atoms with van der Waals surface area (Å²) in [5.41, 5.74) is 0. The van der Waals surface area contributed by atoms with Gasteiger partial charge in [-0.1, -0.05) is 11.6 Å². The molecule has 1 fully saturated rings. The number of aryl methyl sites for hydroxylation is 1. The van der Waals surface area contributed by atoms with E-state index in [4.69, 9.17) is 5.11 Å². The minimum absolute atomic E-state index is 0.0189. The molecule has 2 unspecified atom stereocenters. The van der Waals surface area contributed by atoms with Gasteiger partial charge >= 0.3 is 5.97 Å². The standard InChI is InChI=1S/C13H20N4O3/c18-12(10-3-1-4-11(9-10)13(19)20)14-5-2-7-17-8-6-15-16-17/h6,8,10-11H,1-5,7,9H2,(H,14,18)(H,19,20). The zero-order valence-corrected chi connectivity index (χ0v) is 11.4. The minimum Gasteiger partial charge on any atom is -0.481 e. The van der Waals surface area contributed by atoms with Gasteiger partial charge in [-0.25, -0.2) is 0 Å². The van der Waals surface area contributed by atoms with Crippen LogP contribution in [0.25, 0.3) is 0 Å². The maximum absolute atomic E-state index is 12.0. The molecule has 2 rings (SSSR count). The van der Waals surface area contributed by atoms with Crippen LogP contribution in [0.2, 0.25) is 0 Å². The number of carboxylic acid groups (broad SMARTS) is 1. The fourth-order valence-electron chi connectivity index (χ4n) is 2.60. The molecule has 0 radical (unpaired) electrons. The summed E-state index contributed by atoms with van der Waals surface area (Å²) >= 11 is 0. The second kappa shape index (κ2) is 7.02. The number of aromatic nitrogens is 3. The van der Waals surface area contributed by atoms with Crippen molar-refractivity contribution in [3.8, 4) is 0 Å². The number of nitrogens with one attached hydrogen (secondary N) is 1. The Morgan fingerprint density at radius 3 is 2.85 bits per heavy atom. The monoisotopic (exact) mass is 280 g/mol. The predicted molar refractivity (Wildman–Crippen MR) is 70.7 cm³/mol. The van der Waals surface area contributed by atoms with E-state index in [1.54, 1.807) is 17.1 Å². The van der Waals surface area contributed by atoms with E-state index in [-0.39, 0.29) is 17.7 Å². The SMILES string of the molecule is O=C(O)C1CCCC(C(=O)NCCCn2ccnn2)C1. The maximum atomic E-state index is 12.0. The van der Waals surface area contributed by atoms with Gasteiger partial charge in [-0.3, -0.25) is 14.3 Å². The minimum atomic E-state index is -0.784. The summed E-state index contributed by atoms with van der Waals surface area (Å²) in [6.45, 7) is 1.29. The summed E-state index contributed by atoms with van der Waals surface area (Å²) in [5.74, 6) is -1.32. The average Bonchev–Trinajstić information content (AvgIpc) is 2.96. The second-order valence-corrected chi connectivity index (χ2v) is 5.21. The Balaban J connectivity index is 1.67. The molecule has 1 aromatic rings. The molecule has 7 nitrogen and oxygen atoms in total. The van der Waals surface area contributed by atoms with E-state index < -0.39 is 5.97 Å². The number of aliphatic carboxylic acids is 1. The molecular formula is C13H20N4O3. The first kappa shape index (κ1) is 14.5. The normalized spacial score (nSPS) is 22.4. The van der Waals surface area contributed by atoms with Crippen molar-refractivity contribution in [2.24, 2.45) is 11.8 Å². The van der Waals surface area contributed by atoms with E-state index in [1.807, 2.05) is 0 Å². The van der Waals surface area contributed by atoms with Crippen molar-refractivity contribution < 1.29 is 14.7 Å². The number of carbonyl (C=O) groups excluding carboxylic acids is 1. The van der Waals surface area contributed by atoms with Gasteiger partial charge in [-0.15, -0.1) is 5.10 Å². The lowest BCUT2D eigenvalue weighted by Crippen LogP contribution is -2.36. The van der Waals surface area contributed by atoms with E-state index in [9.17, 15) is 9.59 Å². The highest BCUT2D eigenvalue weighted by Crippen LogP contribution is 2.29. The summed E-state index contributed by atoms with van der Waals surface area (Å²) < 4.78 is 1.72. The quantitative estimate of drug-likeness (QED) is 0.747. The van der Waals surface area contributed by atoms with Crippen molar-refractivity contribution in [3.05, 3.63) is 12.4 Å². The smallest absolute Gasteiger partial charge is 0.306 e. The summed E-state index contributed by atoms with van der Waals surface area (Å²) in [4.78, 5) is 23.0. The van der Waals surface area contributed by atoms with Crippen LogP contribution in [0.15, 0.2) is 12.4 Å². The first-order valence-electron chi connectivity index (χ1n) is 7.01. The topological polar surface area (TPSA) is 97.1 Å². The Bertz CT molecular complexity index is 446. The van der Waals surface area contributed by atoms with Crippen LogP contribution in [-0.2, 0) is 16.1 Å². The van der Waals surface area contributed by atoms with Gasteiger partial charge in [0, 0.05) is 25.2 Å². The fraction of sp³-hybridized carbons (Fsp3) is 0.692. The number of carboxylic acids is 1. The Morgan fingerprint density at radius 2 is 2.15 bits per heavy atom. The summed E-state index contributed by atoms with van der Waals surface area (Å²) in [5, 5.41) is 19.4. The van der Waals surface area contributed by atoms with Gasteiger partial charge in [-0.2, -0.15) is 0 Å². The Hall–Kier alpha value is -1.92. The third-order valence-electron chi connectivity index (χ3n) is 3.73. The van der Waals surface area contributed by atoms with Crippen LogP contribution in [0.4, 0.5) is 0 Å². The maximum Gasteiger partial charge on any atom is 0.306 e. The van der Waals surface area contributed by atoms with Gasteiger partial charge in [0.15, 0.2) is 0 Å². The van der Waals surface area contributed by atoms with Crippen molar-refractivity contribution in [1.29, 1.82) is 0 Å². The summed E-state index contributed by atoms with van der Waals surface area (Å²) in [6.07, 6.45) is 6.93. The predicted octanol–water partition coefficient (Wildman–Crippen LogP) is 0.675. The van der Waals surface area contributed by atoms with Gasteiger partial charge in [-0.05, 0) is 25.7 Å². The van der Waals surface area contributed by atoms with Crippen molar-refractivity contribution >= 4 is 11.9 Å². The molecule has 1 saturated carbocycles. The van der Waals surface area contributed by atoms with Crippen LogP contribution >= 0.6 is 0 Å². The molecule has 1 aliphatic rings. The first-order chi connectivity index (χ1) is 9.66. The Morgan fingerprint density at radius 1 is 1.35 bits per heavy atom. The summed E-state index contributed by atoms with van der Waals surface area (Å²) in [7, 11) is 0. The Kier molecular flexibility index (Phi) is 5.09. The van der Waals surface area contributed by atoms with Gasteiger partial charge < -0.3 is 10.4 Å². The van der Waals surface area contributed by atoms with Crippen LogP contribution in [0.3, 0.4) is 0 Å². The van der Waals surface area contributed by atoms with Crippen LogP contribution in [0, 0.1) is 11.8 Å². The molecule has 0 bridgehead atoms. The second-order valence-electron chi connectivity index (χ2n) is 5.21. The van der Waals surface area contributed by atoms with Gasteiger partial charge in [0.1, 0.15) is 0 Å². The first-order valence-corrected chi connectivity index (χ1v) is 7.01. The van der Waals surface area contributed by atoms with Crippen LogP contribution in [0.1, 0.15) is 32.1 Å². The highest BCUT2D eigenvalue weighted by atomic mass is 16.4. The lowest BCUT2D eigenvalue weighted by atomic mass is 9.81. The molecule has 1 aromatic heterocycles. The van der Waals surface area contributed by atoms with Gasteiger partial charge in [0.05, 0.1) is 12.1 Å². The highest BCUT2D eigenvalue weighted by Gasteiger charge is 2.30. The molecule has 2 N–H and O–H groups in total. The molecule has 2 atom stereocenters. The molecule has 110 valence electrons. The van der Waals surface area contributed by atoms with E-state index in [2.05, 4.69) is 15.6 Å². The van der Waals surface area contributed by atoms with Crippen molar-refractivity contribution in [1.82, 2.24) is 20.3 Å². The lowest BCUT2D eigenvalue weighted by Gasteiger charge is -2.25. The van der Waals surface area contributed by atoms with Gasteiger partial charge in [0.2, 0.25) is 5.91 Å². The van der Waals surface area contributed by atoms with Crippen molar-refractivity contribution in [2.75, 3.05) is 6.54 Å². The number of hydrogen-bond acceptors (Lipinski definition) is 4. The molecule has 20 heavy (non-hydrogen) atoms. The molecule has 7 heteroatoms. The van der Waals surface area contributed by atoms with E-state index in [0.717, 1.165) is 19.3 Å². The molecule has 0 aromatic carbocycles. The number of rotatable bonds is 6. The third-order valence-corrected chi connectivity index (χ3v) is 3.73. The number of carbonyl (C=O) groups is 2. The highest BCUT2D eigenvalue weighted by molar-refractivity contribution is 5.80. The largest absolute Gasteiger partial charge is 0.481 e. The molecule has 0 aliphatic heterocycles. The van der Waals surface area contributed by atoms with Crippen LogP contribution < -0.4 is 5.32 Å². The number of nitrogens with zero attached hydrogens (tertiary/aromatic N) is 3. The van der Waals surface area contributed by atoms with Crippen molar-refractivity contribution in [2.45, 2.75) is 38.6 Å². The zero-order chi connectivity index (χ0) is 14.4. The lowest BCUT2D eigenvalue weighted by molar-refractivity contribution is -0.144. The molecule has 1 aliphatic carbocycles. The number of amides is 1. The van der Waals surface area contributed by atoms with Crippen molar-refractivity contribution in [3.63, 3.8) is 0 Å². The Labute approximate surface area is 117 Å². The molecule has 1 amide bonds. The molecule has 0 spiro atoms. The fourth-order valence-corrected chi connectivity index (χ4v) is 2.60. The zero-order valence-electron chi connectivity index (χ0n) is 11.4.